The summed E-state index contributed by atoms with van der Waals surface area (Å²) in [6, 6.07) is 19.1. The van der Waals surface area contributed by atoms with Crippen LogP contribution >= 0.6 is 11.6 Å². The molecule has 1 aliphatic rings. The maximum absolute atomic E-state index is 12.9. The maximum Gasteiger partial charge on any atom is 0.344 e. The second-order valence-electron chi connectivity index (χ2n) is 7.47. The summed E-state index contributed by atoms with van der Waals surface area (Å²) in [5.41, 5.74) is 2.90. The van der Waals surface area contributed by atoms with Gasteiger partial charge in [-0.05, 0) is 49.6 Å². The molecular weight excluding hydrogens is 418 g/mol. The number of aryl methyl sites for hydroxylation is 1. The standard InChI is InChI=1S/C23H20ClN3O4/c1-23(14-13-15-7-3-2-4-8-15)21(29)27(22(30)25-23)26-20(28)19-12-11-18(31-19)16-9-5-6-10-17(16)24/h2-12H,13-14H2,1H3,(H,25,30)(H,26,28). The van der Waals surface area contributed by atoms with Crippen LogP contribution in [0.5, 0.6) is 0 Å². The Balaban J connectivity index is 1.44. The van der Waals surface area contributed by atoms with Crippen molar-refractivity contribution >= 4 is 29.4 Å². The van der Waals surface area contributed by atoms with Crippen molar-refractivity contribution in [2.45, 2.75) is 25.3 Å². The van der Waals surface area contributed by atoms with Gasteiger partial charge >= 0.3 is 11.9 Å². The van der Waals surface area contributed by atoms with Crippen molar-refractivity contribution in [2.24, 2.45) is 0 Å². The fraction of sp³-hybridized carbons (Fsp3) is 0.174. The van der Waals surface area contributed by atoms with Gasteiger partial charge in [0, 0.05) is 5.56 Å². The van der Waals surface area contributed by atoms with E-state index in [0.717, 1.165) is 5.56 Å². The summed E-state index contributed by atoms with van der Waals surface area (Å²) in [5, 5.41) is 3.85. The predicted octanol–water partition coefficient (Wildman–Crippen LogP) is 4.19. The van der Waals surface area contributed by atoms with Crippen LogP contribution in [0.3, 0.4) is 0 Å². The highest BCUT2D eigenvalue weighted by atomic mass is 35.5. The minimum Gasteiger partial charge on any atom is -0.451 e. The number of benzene rings is 2. The number of rotatable bonds is 6. The first-order valence-electron chi connectivity index (χ1n) is 9.74. The van der Waals surface area contributed by atoms with E-state index in [0.29, 0.717) is 34.2 Å². The third-order valence-electron chi connectivity index (χ3n) is 5.20. The second kappa shape index (κ2) is 8.28. The molecule has 4 rings (SSSR count). The number of amides is 4. The molecule has 1 aliphatic heterocycles. The zero-order valence-corrected chi connectivity index (χ0v) is 17.5. The van der Waals surface area contributed by atoms with E-state index in [1.165, 1.54) is 6.07 Å². The van der Waals surface area contributed by atoms with Crippen LogP contribution in [0.2, 0.25) is 5.02 Å². The summed E-state index contributed by atoms with van der Waals surface area (Å²) in [6.45, 7) is 1.64. The van der Waals surface area contributed by atoms with E-state index in [9.17, 15) is 14.4 Å². The van der Waals surface area contributed by atoms with Gasteiger partial charge in [-0.25, -0.2) is 10.2 Å². The van der Waals surface area contributed by atoms with E-state index >= 15 is 0 Å². The van der Waals surface area contributed by atoms with E-state index in [1.54, 1.807) is 37.3 Å². The maximum atomic E-state index is 12.9. The SMILES string of the molecule is CC1(CCc2ccccc2)NC(=O)N(NC(=O)c2ccc(-c3ccccc3Cl)o2)C1=O. The summed E-state index contributed by atoms with van der Waals surface area (Å²) in [5.74, 6) is -0.886. The number of nitrogens with zero attached hydrogens (tertiary/aromatic N) is 1. The van der Waals surface area contributed by atoms with E-state index in [2.05, 4.69) is 10.7 Å². The Morgan fingerprint density at radius 1 is 1.06 bits per heavy atom. The van der Waals surface area contributed by atoms with Gasteiger partial charge in [0.25, 0.3) is 5.91 Å². The Labute approximate surface area is 184 Å². The number of carbonyl (C=O) groups is 3. The second-order valence-corrected chi connectivity index (χ2v) is 7.88. The van der Waals surface area contributed by atoms with E-state index in [1.807, 2.05) is 30.3 Å². The molecule has 158 valence electrons. The average Bonchev–Trinajstić information content (AvgIpc) is 3.33. The largest absolute Gasteiger partial charge is 0.451 e. The fourth-order valence-corrected chi connectivity index (χ4v) is 3.65. The van der Waals surface area contributed by atoms with E-state index in [-0.39, 0.29) is 5.76 Å². The topological polar surface area (TPSA) is 91.7 Å². The number of hydrogen-bond donors (Lipinski definition) is 2. The average molecular weight is 438 g/mol. The molecule has 0 radical (unpaired) electrons. The molecule has 1 atom stereocenters. The van der Waals surface area contributed by atoms with Crippen molar-refractivity contribution in [1.82, 2.24) is 15.8 Å². The summed E-state index contributed by atoms with van der Waals surface area (Å²) in [6.07, 6.45) is 0.996. The highest BCUT2D eigenvalue weighted by molar-refractivity contribution is 6.33. The lowest BCUT2D eigenvalue weighted by molar-refractivity contribution is -0.132. The van der Waals surface area contributed by atoms with Crippen molar-refractivity contribution in [3.63, 3.8) is 0 Å². The van der Waals surface area contributed by atoms with Gasteiger partial charge in [-0.2, -0.15) is 5.01 Å². The molecular formula is C23H20ClN3O4. The smallest absolute Gasteiger partial charge is 0.344 e. The lowest BCUT2D eigenvalue weighted by atomic mass is 9.93. The molecule has 1 fully saturated rings. The highest BCUT2D eigenvalue weighted by Gasteiger charge is 2.48. The zero-order chi connectivity index (χ0) is 22.0. The van der Waals surface area contributed by atoms with Gasteiger partial charge in [-0.1, -0.05) is 54.1 Å². The number of carbonyl (C=O) groups excluding carboxylic acids is 3. The highest BCUT2D eigenvalue weighted by Crippen LogP contribution is 2.29. The quantitative estimate of drug-likeness (QED) is 0.565. The fourth-order valence-electron chi connectivity index (χ4n) is 3.42. The van der Waals surface area contributed by atoms with Crippen LogP contribution in [0.25, 0.3) is 11.3 Å². The molecule has 2 aromatic carbocycles. The molecule has 4 amide bonds. The van der Waals surface area contributed by atoms with Gasteiger partial charge in [0.15, 0.2) is 5.76 Å². The summed E-state index contributed by atoms with van der Waals surface area (Å²) in [4.78, 5) is 37.9. The summed E-state index contributed by atoms with van der Waals surface area (Å²) < 4.78 is 5.58. The number of nitrogens with one attached hydrogen (secondary N) is 2. The lowest BCUT2D eigenvalue weighted by Crippen LogP contribution is -2.48. The van der Waals surface area contributed by atoms with Crippen LogP contribution in [0, 0.1) is 0 Å². The van der Waals surface area contributed by atoms with Crippen molar-refractivity contribution in [1.29, 1.82) is 0 Å². The van der Waals surface area contributed by atoms with Crippen LogP contribution in [0.15, 0.2) is 71.1 Å². The van der Waals surface area contributed by atoms with Gasteiger partial charge in [-0.3, -0.25) is 9.59 Å². The number of imide groups is 1. The Kier molecular flexibility index (Phi) is 5.52. The van der Waals surface area contributed by atoms with Crippen molar-refractivity contribution in [3.8, 4) is 11.3 Å². The molecule has 0 bridgehead atoms. The van der Waals surface area contributed by atoms with Gasteiger partial charge in [-0.15, -0.1) is 0 Å². The summed E-state index contributed by atoms with van der Waals surface area (Å²) in [7, 11) is 0. The van der Waals surface area contributed by atoms with Crippen LogP contribution in [0.4, 0.5) is 4.79 Å². The molecule has 7 nitrogen and oxygen atoms in total. The molecule has 1 saturated heterocycles. The normalized spacial score (nSPS) is 18.2. The minimum atomic E-state index is -1.12. The van der Waals surface area contributed by atoms with Crippen LogP contribution in [0.1, 0.15) is 29.5 Å². The summed E-state index contributed by atoms with van der Waals surface area (Å²) >= 11 is 6.16. The molecule has 2 heterocycles. The Hall–Kier alpha value is -3.58. The van der Waals surface area contributed by atoms with Crippen LogP contribution in [-0.2, 0) is 11.2 Å². The van der Waals surface area contributed by atoms with Crippen LogP contribution < -0.4 is 10.7 Å². The zero-order valence-electron chi connectivity index (χ0n) is 16.7. The van der Waals surface area contributed by atoms with E-state index < -0.39 is 23.4 Å². The van der Waals surface area contributed by atoms with Gasteiger partial charge in [0.2, 0.25) is 0 Å². The number of hydrogen-bond acceptors (Lipinski definition) is 4. The number of hydrazine groups is 1. The molecule has 1 unspecified atom stereocenters. The number of urea groups is 1. The predicted molar refractivity (Wildman–Crippen MR) is 115 cm³/mol. The van der Waals surface area contributed by atoms with Gasteiger partial charge < -0.3 is 9.73 Å². The molecule has 31 heavy (non-hydrogen) atoms. The molecule has 3 aromatic rings. The van der Waals surface area contributed by atoms with Gasteiger partial charge in [0.05, 0.1) is 5.02 Å². The van der Waals surface area contributed by atoms with Crippen molar-refractivity contribution in [3.05, 3.63) is 83.1 Å². The first-order valence-corrected chi connectivity index (χ1v) is 10.1. The molecule has 0 spiro atoms. The molecule has 8 heteroatoms. The van der Waals surface area contributed by atoms with Crippen LogP contribution in [-0.4, -0.2) is 28.4 Å². The Morgan fingerprint density at radius 2 is 1.77 bits per heavy atom. The number of furan rings is 1. The molecule has 0 aliphatic carbocycles. The van der Waals surface area contributed by atoms with E-state index in [4.69, 9.17) is 16.0 Å². The lowest BCUT2D eigenvalue weighted by Gasteiger charge is -2.21. The molecule has 0 saturated carbocycles. The third kappa shape index (κ3) is 4.18. The first kappa shape index (κ1) is 20.7. The molecule has 1 aromatic heterocycles. The third-order valence-corrected chi connectivity index (χ3v) is 5.53. The first-order chi connectivity index (χ1) is 14.9. The monoisotopic (exact) mass is 437 g/mol. The molecule has 2 N–H and O–H groups in total. The van der Waals surface area contributed by atoms with Crippen molar-refractivity contribution in [2.75, 3.05) is 0 Å². The minimum absolute atomic E-state index is 0.0478. The Bertz CT molecular complexity index is 1140. The number of halogens is 1. The Morgan fingerprint density at radius 3 is 2.52 bits per heavy atom. The van der Waals surface area contributed by atoms with Gasteiger partial charge in [0.1, 0.15) is 11.3 Å². The van der Waals surface area contributed by atoms with Crippen molar-refractivity contribution < 1.29 is 18.8 Å².